The number of benzene rings is 1. The van der Waals surface area contributed by atoms with E-state index in [1.54, 1.807) is 6.07 Å². The lowest BCUT2D eigenvalue weighted by molar-refractivity contribution is -0.117. The zero-order valence-electron chi connectivity index (χ0n) is 14.3. The lowest BCUT2D eigenvalue weighted by Crippen LogP contribution is -2.28. The highest BCUT2D eigenvalue weighted by Crippen LogP contribution is 2.23. The summed E-state index contributed by atoms with van der Waals surface area (Å²) in [5.74, 6) is -0.211. The molecule has 0 bridgehead atoms. The Morgan fingerprint density at radius 2 is 2.15 bits per heavy atom. The van der Waals surface area contributed by atoms with Gasteiger partial charge >= 0.3 is 0 Å². The van der Waals surface area contributed by atoms with Crippen LogP contribution in [-0.4, -0.2) is 36.7 Å². The molecule has 3 aromatic rings. The fraction of sp³-hybridized carbons (Fsp3) is 0.250. The zero-order chi connectivity index (χ0) is 19.4. The second-order valence-electron chi connectivity index (χ2n) is 5.85. The lowest BCUT2D eigenvalue weighted by Gasteiger charge is -2.15. The molecule has 2 heterocycles. The number of H-pyrrole nitrogens is 1. The molecular weight excluding hydrogens is 377 g/mol. The van der Waals surface area contributed by atoms with Gasteiger partial charge in [-0.25, -0.2) is 4.39 Å². The van der Waals surface area contributed by atoms with Gasteiger partial charge in [0.25, 0.3) is 0 Å². The second-order valence-corrected chi connectivity index (χ2v) is 6.26. The van der Waals surface area contributed by atoms with Crippen LogP contribution in [0.1, 0.15) is 49.0 Å². The summed E-state index contributed by atoms with van der Waals surface area (Å²) in [4.78, 5) is 12.3. The molecule has 0 spiro atoms. The maximum absolute atomic E-state index is 13.8. The largest absolute Gasteiger partial charge is 0.421 e. The SMILES string of the molecule is CC(C)c1nnc(/C=C/C(=O)NC(c2ccc(Cl)c(F)c2)c2nn[nH]n2)o1. The van der Waals surface area contributed by atoms with Crippen molar-refractivity contribution in [2.45, 2.75) is 25.8 Å². The third-order valence-electron chi connectivity index (χ3n) is 3.51. The van der Waals surface area contributed by atoms with Gasteiger partial charge in [0.15, 0.2) is 0 Å². The summed E-state index contributed by atoms with van der Waals surface area (Å²) in [6, 6.07) is 3.30. The molecule has 1 unspecified atom stereocenters. The van der Waals surface area contributed by atoms with E-state index in [1.807, 2.05) is 13.8 Å². The highest BCUT2D eigenvalue weighted by Gasteiger charge is 2.21. The molecule has 2 N–H and O–H groups in total. The fourth-order valence-electron chi connectivity index (χ4n) is 2.17. The van der Waals surface area contributed by atoms with Gasteiger partial charge in [0.05, 0.1) is 5.02 Å². The molecule has 1 atom stereocenters. The summed E-state index contributed by atoms with van der Waals surface area (Å²) in [6.07, 6.45) is 2.60. The van der Waals surface area contributed by atoms with Crippen LogP contribution in [0, 0.1) is 5.82 Å². The van der Waals surface area contributed by atoms with Crippen molar-refractivity contribution in [2.24, 2.45) is 0 Å². The number of hydrogen-bond donors (Lipinski definition) is 2. The van der Waals surface area contributed by atoms with Crippen LogP contribution in [0.15, 0.2) is 28.7 Å². The third kappa shape index (κ3) is 4.53. The van der Waals surface area contributed by atoms with E-state index >= 15 is 0 Å². The van der Waals surface area contributed by atoms with Gasteiger partial charge < -0.3 is 9.73 Å². The molecule has 1 aromatic carbocycles. The number of amides is 1. The predicted octanol–water partition coefficient (Wildman–Crippen LogP) is 2.42. The normalized spacial score (nSPS) is 12.6. The van der Waals surface area contributed by atoms with Crippen molar-refractivity contribution < 1.29 is 13.6 Å². The monoisotopic (exact) mass is 391 g/mol. The number of nitrogens with one attached hydrogen (secondary N) is 2. The second kappa shape index (κ2) is 8.04. The van der Waals surface area contributed by atoms with Crippen LogP contribution in [0.2, 0.25) is 5.02 Å². The van der Waals surface area contributed by atoms with Crippen molar-refractivity contribution in [3.63, 3.8) is 0 Å². The molecule has 140 valence electrons. The van der Waals surface area contributed by atoms with Gasteiger partial charge in [0.1, 0.15) is 11.9 Å². The summed E-state index contributed by atoms with van der Waals surface area (Å²) in [5.41, 5.74) is 0.403. The molecule has 1 amide bonds. The number of halogens is 2. The van der Waals surface area contributed by atoms with E-state index in [0.29, 0.717) is 11.5 Å². The molecule has 3 rings (SSSR count). The number of aromatic nitrogens is 6. The molecule has 0 radical (unpaired) electrons. The van der Waals surface area contributed by atoms with Crippen LogP contribution in [0.25, 0.3) is 6.08 Å². The summed E-state index contributed by atoms with van der Waals surface area (Å²) in [7, 11) is 0. The van der Waals surface area contributed by atoms with E-state index in [2.05, 4.69) is 36.1 Å². The molecule has 11 heteroatoms. The van der Waals surface area contributed by atoms with Gasteiger partial charge in [0, 0.05) is 18.1 Å². The molecular formula is C16H15ClFN7O2. The van der Waals surface area contributed by atoms with E-state index in [0.717, 1.165) is 0 Å². The van der Waals surface area contributed by atoms with Crippen molar-refractivity contribution in [1.29, 1.82) is 0 Å². The Morgan fingerprint density at radius 3 is 2.78 bits per heavy atom. The van der Waals surface area contributed by atoms with Crippen LogP contribution >= 0.6 is 11.6 Å². The smallest absolute Gasteiger partial charge is 0.245 e. The minimum absolute atomic E-state index is 0.0332. The summed E-state index contributed by atoms with van der Waals surface area (Å²) < 4.78 is 19.2. The van der Waals surface area contributed by atoms with Crippen LogP contribution < -0.4 is 5.32 Å². The standard InChI is InChI=1S/C16H15ClFN7O2/c1-8(2)16-23-20-13(27-16)6-5-12(26)19-14(15-21-24-25-22-15)9-3-4-10(17)11(18)7-9/h3-8,14H,1-2H3,(H,19,26)(H,21,22,24,25)/b6-5+. The Labute approximate surface area is 158 Å². The first kappa shape index (κ1) is 18.6. The highest BCUT2D eigenvalue weighted by atomic mass is 35.5. The van der Waals surface area contributed by atoms with Gasteiger partial charge in [-0.05, 0) is 17.7 Å². The molecule has 0 aliphatic rings. The Kier molecular flexibility index (Phi) is 5.55. The van der Waals surface area contributed by atoms with Gasteiger partial charge in [-0.1, -0.05) is 36.7 Å². The van der Waals surface area contributed by atoms with E-state index in [4.69, 9.17) is 16.0 Å². The number of hydrogen-bond acceptors (Lipinski definition) is 7. The lowest BCUT2D eigenvalue weighted by atomic mass is 10.1. The van der Waals surface area contributed by atoms with Crippen LogP contribution in [-0.2, 0) is 4.79 Å². The van der Waals surface area contributed by atoms with Gasteiger partial charge in [-0.2, -0.15) is 5.21 Å². The maximum Gasteiger partial charge on any atom is 0.245 e. The van der Waals surface area contributed by atoms with Crippen LogP contribution in [0.3, 0.4) is 0 Å². The Balaban J connectivity index is 1.78. The van der Waals surface area contributed by atoms with Gasteiger partial charge in [-0.3, -0.25) is 4.79 Å². The summed E-state index contributed by atoms with van der Waals surface area (Å²) in [6.45, 7) is 3.82. The number of nitrogens with zero attached hydrogens (tertiary/aromatic N) is 5. The average Bonchev–Trinajstić information content (AvgIpc) is 3.32. The Morgan fingerprint density at radius 1 is 1.33 bits per heavy atom. The number of aromatic amines is 1. The Bertz CT molecular complexity index is 956. The van der Waals surface area contributed by atoms with Crippen LogP contribution in [0.5, 0.6) is 0 Å². The fourth-order valence-corrected chi connectivity index (χ4v) is 2.28. The number of carbonyl (C=O) groups is 1. The van der Waals surface area contributed by atoms with Crippen LogP contribution in [0.4, 0.5) is 4.39 Å². The first-order valence-corrected chi connectivity index (χ1v) is 8.32. The molecule has 0 saturated carbocycles. The average molecular weight is 392 g/mol. The van der Waals surface area contributed by atoms with E-state index in [-0.39, 0.29) is 22.7 Å². The number of carbonyl (C=O) groups excluding carboxylic acids is 1. The molecule has 27 heavy (non-hydrogen) atoms. The minimum atomic E-state index is -0.832. The van der Waals surface area contributed by atoms with Crippen molar-refractivity contribution in [2.75, 3.05) is 0 Å². The molecule has 2 aromatic heterocycles. The molecule has 0 aliphatic heterocycles. The van der Waals surface area contributed by atoms with Crippen molar-refractivity contribution in [3.05, 3.63) is 58.3 Å². The quantitative estimate of drug-likeness (QED) is 0.618. The van der Waals surface area contributed by atoms with Crippen molar-refractivity contribution >= 4 is 23.6 Å². The molecule has 0 saturated heterocycles. The summed E-state index contributed by atoms with van der Waals surface area (Å²) in [5, 5.41) is 23.8. The Hall–Kier alpha value is -3.14. The van der Waals surface area contributed by atoms with E-state index in [9.17, 15) is 9.18 Å². The van der Waals surface area contributed by atoms with Crippen molar-refractivity contribution in [1.82, 2.24) is 36.1 Å². The zero-order valence-corrected chi connectivity index (χ0v) is 15.1. The van der Waals surface area contributed by atoms with Gasteiger partial charge in [-0.15, -0.1) is 20.4 Å². The number of rotatable bonds is 6. The minimum Gasteiger partial charge on any atom is -0.421 e. The highest BCUT2D eigenvalue weighted by molar-refractivity contribution is 6.30. The molecule has 0 fully saturated rings. The first-order chi connectivity index (χ1) is 12.9. The molecule has 9 nitrogen and oxygen atoms in total. The van der Waals surface area contributed by atoms with E-state index in [1.165, 1.54) is 24.3 Å². The van der Waals surface area contributed by atoms with Crippen molar-refractivity contribution in [3.8, 4) is 0 Å². The van der Waals surface area contributed by atoms with Gasteiger partial charge in [0.2, 0.25) is 23.5 Å². The molecule has 0 aliphatic carbocycles. The number of tetrazole rings is 1. The first-order valence-electron chi connectivity index (χ1n) is 7.94. The predicted molar refractivity (Wildman–Crippen MR) is 93.0 cm³/mol. The maximum atomic E-state index is 13.8. The summed E-state index contributed by atoms with van der Waals surface area (Å²) >= 11 is 5.71. The van der Waals surface area contributed by atoms with E-state index < -0.39 is 17.8 Å². The third-order valence-corrected chi connectivity index (χ3v) is 3.82. The topological polar surface area (TPSA) is 122 Å².